The third-order valence-corrected chi connectivity index (χ3v) is 2.54. The van der Waals surface area contributed by atoms with Crippen molar-refractivity contribution in [1.29, 1.82) is 0 Å². The number of rotatable bonds is 5. The van der Waals surface area contributed by atoms with E-state index in [1.54, 1.807) is 44.2 Å². The maximum absolute atomic E-state index is 12.3. The first-order chi connectivity index (χ1) is 9.20. The Morgan fingerprint density at radius 1 is 1.20 bits per heavy atom. The van der Waals surface area contributed by atoms with Gasteiger partial charge in [-0.1, -0.05) is 18.2 Å². The van der Waals surface area contributed by atoms with Gasteiger partial charge in [-0.25, -0.2) is 4.79 Å². The predicted octanol–water partition coefficient (Wildman–Crippen LogP) is 1.40. The quantitative estimate of drug-likeness (QED) is 0.854. The van der Waals surface area contributed by atoms with Gasteiger partial charge in [0.15, 0.2) is 0 Å². The summed E-state index contributed by atoms with van der Waals surface area (Å²) in [6.45, 7) is 2.84. The third kappa shape index (κ3) is 4.89. The highest BCUT2D eigenvalue weighted by Gasteiger charge is 2.25. The second-order valence-corrected chi connectivity index (χ2v) is 5.27. The fourth-order valence-corrected chi connectivity index (χ4v) is 1.87. The molecule has 1 aromatic carbocycles. The number of para-hydroxylation sites is 1. The van der Waals surface area contributed by atoms with Crippen molar-refractivity contribution >= 4 is 17.7 Å². The fourth-order valence-electron chi connectivity index (χ4n) is 1.87. The molecule has 0 heterocycles. The molecular formula is C14H20N2O4. The highest BCUT2D eigenvalue weighted by molar-refractivity contribution is 5.96. The number of nitrogens with zero attached hydrogens (tertiary/aromatic N) is 2. The number of anilines is 1. The van der Waals surface area contributed by atoms with Crippen LogP contribution in [-0.4, -0.2) is 52.9 Å². The molecule has 0 bridgehead atoms. The molecule has 1 aromatic rings. The van der Waals surface area contributed by atoms with Gasteiger partial charge in [0.2, 0.25) is 0 Å². The van der Waals surface area contributed by atoms with E-state index in [0.717, 1.165) is 4.90 Å². The minimum atomic E-state index is -1.10. The van der Waals surface area contributed by atoms with Gasteiger partial charge in [-0.2, -0.15) is 0 Å². The number of hydrogen-bond acceptors (Lipinski definition) is 3. The highest BCUT2D eigenvalue weighted by Crippen LogP contribution is 2.16. The predicted molar refractivity (Wildman–Crippen MR) is 75.7 cm³/mol. The summed E-state index contributed by atoms with van der Waals surface area (Å²) in [5, 5.41) is 18.7. The zero-order chi connectivity index (χ0) is 15.3. The number of hydrogen-bond donors (Lipinski definition) is 2. The molecule has 0 aliphatic rings. The molecule has 0 spiro atoms. The molecule has 20 heavy (non-hydrogen) atoms. The van der Waals surface area contributed by atoms with Gasteiger partial charge in [0, 0.05) is 12.7 Å². The van der Waals surface area contributed by atoms with Gasteiger partial charge in [-0.05, 0) is 26.0 Å². The zero-order valence-electron chi connectivity index (χ0n) is 11.9. The average molecular weight is 280 g/mol. The van der Waals surface area contributed by atoms with E-state index >= 15 is 0 Å². The Hall–Kier alpha value is -2.08. The van der Waals surface area contributed by atoms with Crippen molar-refractivity contribution in [3.05, 3.63) is 30.3 Å². The summed E-state index contributed by atoms with van der Waals surface area (Å²) in [7, 11) is 1.53. The van der Waals surface area contributed by atoms with Crippen LogP contribution in [0.4, 0.5) is 10.5 Å². The van der Waals surface area contributed by atoms with Gasteiger partial charge < -0.3 is 15.1 Å². The summed E-state index contributed by atoms with van der Waals surface area (Å²) < 4.78 is 0. The molecule has 2 N–H and O–H groups in total. The van der Waals surface area contributed by atoms with Crippen molar-refractivity contribution in [3.8, 4) is 0 Å². The molecule has 1 rings (SSSR count). The zero-order valence-corrected chi connectivity index (χ0v) is 11.9. The van der Waals surface area contributed by atoms with E-state index in [1.165, 1.54) is 11.9 Å². The Bertz CT molecular complexity index is 468. The normalized spacial score (nSPS) is 11.0. The largest absolute Gasteiger partial charge is 0.480 e. The van der Waals surface area contributed by atoms with Gasteiger partial charge in [0.25, 0.3) is 0 Å². The summed E-state index contributed by atoms with van der Waals surface area (Å²) in [4.78, 5) is 25.7. The van der Waals surface area contributed by atoms with Gasteiger partial charge in [0.05, 0.1) is 12.1 Å². The molecule has 110 valence electrons. The molecule has 2 amide bonds. The van der Waals surface area contributed by atoms with Crippen LogP contribution in [0, 0.1) is 0 Å². The van der Waals surface area contributed by atoms with Crippen LogP contribution >= 0.6 is 0 Å². The molecular weight excluding hydrogens is 260 g/mol. The number of benzene rings is 1. The lowest BCUT2D eigenvalue weighted by Gasteiger charge is -2.30. The van der Waals surface area contributed by atoms with Crippen molar-refractivity contribution in [2.45, 2.75) is 19.4 Å². The van der Waals surface area contributed by atoms with E-state index in [4.69, 9.17) is 5.11 Å². The molecule has 0 unspecified atom stereocenters. The molecule has 6 nitrogen and oxygen atoms in total. The molecule has 0 fully saturated rings. The van der Waals surface area contributed by atoms with E-state index in [2.05, 4.69) is 0 Å². The number of likely N-dealkylation sites (N-methyl/N-ethyl adjacent to an activating group) is 1. The van der Waals surface area contributed by atoms with Crippen LogP contribution in [0.15, 0.2) is 30.3 Å². The maximum atomic E-state index is 12.3. The van der Waals surface area contributed by atoms with Crippen molar-refractivity contribution < 1.29 is 19.8 Å². The number of urea groups is 1. The Balaban J connectivity index is 2.94. The van der Waals surface area contributed by atoms with Crippen molar-refractivity contribution in [2.24, 2.45) is 0 Å². The van der Waals surface area contributed by atoms with E-state index in [0.29, 0.717) is 5.69 Å². The monoisotopic (exact) mass is 280 g/mol. The minimum Gasteiger partial charge on any atom is -0.480 e. The Kier molecular flexibility index (Phi) is 5.10. The first-order valence-electron chi connectivity index (χ1n) is 6.22. The van der Waals surface area contributed by atoms with Crippen LogP contribution in [0.5, 0.6) is 0 Å². The SMILES string of the molecule is CN(CC(C)(C)O)C(=O)N(CC(=O)O)c1ccccc1. The number of carbonyl (C=O) groups is 2. The summed E-state index contributed by atoms with van der Waals surface area (Å²) in [6.07, 6.45) is 0. The van der Waals surface area contributed by atoms with Crippen LogP contribution in [0.3, 0.4) is 0 Å². The van der Waals surface area contributed by atoms with Crippen LogP contribution in [0.25, 0.3) is 0 Å². The number of carboxylic acids is 1. The Labute approximate surface area is 118 Å². The molecule has 0 aromatic heterocycles. The number of amides is 2. The second kappa shape index (κ2) is 6.38. The Morgan fingerprint density at radius 2 is 1.75 bits per heavy atom. The van der Waals surface area contributed by atoms with Crippen LogP contribution in [0.1, 0.15) is 13.8 Å². The van der Waals surface area contributed by atoms with Gasteiger partial charge in [-0.15, -0.1) is 0 Å². The maximum Gasteiger partial charge on any atom is 0.324 e. The Morgan fingerprint density at radius 3 is 2.20 bits per heavy atom. The smallest absolute Gasteiger partial charge is 0.324 e. The van der Waals surface area contributed by atoms with E-state index in [9.17, 15) is 14.7 Å². The lowest BCUT2D eigenvalue weighted by Crippen LogP contribution is -2.48. The lowest BCUT2D eigenvalue weighted by molar-refractivity contribution is -0.135. The molecule has 0 atom stereocenters. The van der Waals surface area contributed by atoms with E-state index in [-0.39, 0.29) is 6.54 Å². The molecule has 0 aliphatic carbocycles. The van der Waals surface area contributed by atoms with Crippen LogP contribution in [-0.2, 0) is 4.79 Å². The van der Waals surface area contributed by atoms with Crippen LogP contribution < -0.4 is 4.90 Å². The summed E-state index contributed by atoms with van der Waals surface area (Å²) in [6, 6.07) is 8.10. The lowest BCUT2D eigenvalue weighted by atomic mass is 10.1. The summed E-state index contributed by atoms with van der Waals surface area (Å²) in [5.41, 5.74) is -0.543. The van der Waals surface area contributed by atoms with Crippen molar-refractivity contribution in [2.75, 3.05) is 25.0 Å². The number of aliphatic carboxylic acids is 1. The minimum absolute atomic E-state index is 0.106. The number of carbonyl (C=O) groups excluding carboxylic acids is 1. The van der Waals surface area contributed by atoms with Crippen molar-refractivity contribution in [1.82, 2.24) is 4.90 Å². The topological polar surface area (TPSA) is 81.1 Å². The first kappa shape index (κ1) is 16.0. The van der Waals surface area contributed by atoms with E-state index < -0.39 is 24.1 Å². The van der Waals surface area contributed by atoms with E-state index in [1.807, 2.05) is 0 Å². The van der Waals surface area contributed by atoms with Gasteiger partial charge in [-0.3, -0.25) is 9.69 Å². The standard InChI is InChI=1S/C14H20N2O4/c1-14(2,20)10-15(3)13(19)16(9-12(17)18)11-7-5-4-6-8-11/h4-8,20H,9-10H2,1-3H3,(H,17,18). The summed E-state index contributed by atoms with van der Waals surface area (Å²) >= 11 is 0. The van der Waals surface area contributed by atoms with Crippen molar-refractivity contribution in [3.63, 3.8) is 0 Å². The highest BCUT2D eigenvalue weighted by atomic mass is 16.4. The average Bonchev–Trinajstić information content (AvgIpc) is 2.34. The molecule has 0 radical (unpaired) electrons. The van der Waals surface area contributed by atoms with Crippen LogP contribution in [0.2, 0.25) is 0 Å². The second-order valence-electron chi connectivity index (χ2n) is 5.27. The third-order valence-electron chi connectivity index (χ3n) is 2.54. The number of carboxylic acid groups (broad SMARTS) is 1. The first-order valence-corrected chi connectivity index (χ1v) is 6.22. The van der Waals surface area contributed by atoms with Gasteiger partial charge >= 0.3 is 12.0 Å². The van der Waals surface area contributed by atoms with Gasteiger partial charge in [0.1, 0.15) is 6.54 Å². The molecule has 0 saturated carbocycles. The molecule has 0 saturated heterocycles. The molecule has 6 heteroatoms. The fraction of sp³-hybridized carbons (Fsp3) is 0.429. The molecule has 0 aliphatic heterocycles. The summed E-state index contributed by atoms with van der Waals surface area (Å²) in [5.74, 6) is -1.10. The number of aliphatic hydroxyl groups is 1.